The van der Waals surface area contributed by atoms with Crippen LogP contribution in [0.3, 0.4) is 0 Å². The highest BCUT2D eigenvalue weighted by molar-refractivity contribution is 9.10. The zero-order valence-corrected chi connectivity index (χ0v) is 16.0. The van der Waals surface area contributed by atoms with E-state index in [9.17, 15) is 0 Å². The summed E-state index contributed by atoms with van der Waals surface area (Å²) in [5, 5.41) is 4.15. The Morgan fingerprint density at radius 2 is 2.20 bits per heavy atom. The van der Waals surface area contributed by atoms with Crippen LogP contribution in [-0.2, 0) is 6.54 Å². The Balaban J connectivity index is 1.31. The van der Waals surface area contributed by atoms with E-state index in [1.807, 2.05) is 28.9 Å². The van der Waals surface area contributed by atoms with Crippen molar-refractivity contribution in [2.24, 2.45) is 10.9 Å². The summed E-state index contributed by atoms with van der Waals surface area (Å²) < 4.78 is 1.19. The second-order valence-electron chi connectivity index (χ2n) is 6.64. The first-order chi connectivity index (χ1) is 12.3. The van der Waals surface area contributed by atoms with Crippen LogP contribution in [-0.4, -0.2) is 34.3 Å². The van der Waals surface area contributed by atoms with Gasteiger partial charge in [-0.25, -0.2) is 10.0 Å². The highest BCUT2D eigenvalue weighted by Gasteiger charge is 2.33. The highest BCUT2D eigenvalue weighted by Crippen LogP contribution is 2.38. The van der Waals surface area contributed by atoms with Gasteiger partial charge in [0.25, 0.3) is 0 Å². The van der Waals surface area contributed by atoms with Gasteiger partial charge >= 0.3 is 0 Å². The minimum Gasteiger partial charge on any atom is -0.346 e. The van der Waals surface area contributed by atoms with Crippen LogP contribution in [0.15, 0.2) is 38.9 Å². The maximum absolute atomic E-state index is 4.43. The zero-order chi connectivity index (χ0) is 16.8. The Morgan fingerprint density at radius 3 is 3.00 bits per heavy atom. The van der Waals surface area contributed by atoms with E-state index in [-0.39, 0.29) is 0 Å². The standard InChI is InChI=1S/C17H19BrN6S/c18-12-7-13(25-9-12)8-23-5-2-11(3-6-23)15-16-14-1-4-19-17(14)20-10-24(16)22-21-15/h1,4,7,9-11,19,21-22H,2-3,5-6,8H2. The van der Waals surface area contributed by atoms with Crippen LogP contribution < -0.4 is 11.0 Å². The van der Waals surface area contributed by atoms with Crippen molar-refractivity contribution in [3.05, 3.63) is 44.3 Å². The molecule has 0 unspecified atom stereocenters. The molecule has 0 atom stereocenters. The molecule has 5 heterocycles. The second kappa shape index (κ2) is 6.28. The summed E-state index contributed by atoms with van der Waals surface area (Å²) in [5.41, 5.74) is 10.3. The Hall–Kier alpha value is -1.61. The number of fused-ring (bicyclic) bond motifs is 3. The van der Waals surface area contributed by atoms with Gasteiger partial charge in [0, 0.05) is 39.0 Å². The number of H-pyrrole nitrogens is 1. The number of piperidine rings is 1. The number of nitrogens with zero attached hydrogens (tertiary/aromatic N) is 3. The molecule has 2 aromatic rings. The molecule has 0 bridgehead atoms. The highest BCUT2D eigenvalue weighted by atomic mass is 79.9. The van der Waals surface area contributed by atoms with E-state index in [2.05, 4.69) is 59.3 Å². The van der Waals surface area contributed by atoms with E-state index in [1.54, 1.807) is 0 Å². The fourth-order valence-electron chi connectivity index (χ4n) is 3.83. The number of hydrazine groups is 2. The predicted molar refractivity (Wildman–Crippen MR) is 104 cm³/mol. The molecule has 25 heavy (non-hydrogen) atoms. The van der Waals surface area contributed by atoms with Crippen LogP contribution >= 0.6 is 27.3 Å². The van der Waals surface area contributed by atoms with E-state index in [0.717, 1.165) is 25.5 Å². The Morgan fingerprint density at radius 1 is 1.32 bits per heavy atom. The number of hydrogen-bond acceptors (Lipinski definition) is 6. The summed E-state index contributed by atoms with van der Waals surface area (Å²) in [6.07, 6.45) is 6.13. The SMILES string of the molecule is Brc1csc(CN2CCC(C3=C4c5cc[nH]c5N=CN4NN3)CC2)c1. The molecule has 0 radical (unpaired) electrons. The third-order valence-corrected chi connectivity index (χ3v) is 6.77. The zero-order valence-electron chi connectivity index (χ0n) is 13.6. The fourth-order valence-corrected chi connectivity index (χ4v) is 5.33. The summed E-state index contributed by atoms with van der Waals surface area (Å²) in [6, 6.07) is 4.34. The van der Waals surface area contributed by atoms with E-state index in [4.69, 9.17) is 0 Å². The van der Waals surface area contributed by atoms with Gasteiger partial charge < -0.3 is 10.4 Å². The molecular formula is C17H19BrN6S. The molecule has 3 aliphatic rings. The molecule has 3 aliphatic heterocycles. The van der Waals surface area contributed by atoms with Crippen LogP contribution in [0, 0.1) is 5.92 Å². The lowest BCUT2D eigenvalue weighted by atomic mass is 9.91. The molecule has 0 spiro atoms. The third-order valence-electron chi connectivity index (χ3n) is 5.09. The average Bonchev–Trinajstić information content (AvgIpc) is 3.34. The summed E-state index contributed by atoms with van der Waals surface area (Å²) in [6.45, 7) is 3.32. The van der Waals surface area contributed by atoms with Gasteiger partial charge in [-0.3, -0.25) is 4.90 Å². The lowest BCUT2D eigenvalue weighted by Gasteiger charge is -2.32. The number of likely N-dealkylation sites (tertiary alicyclic amines) is 1. The van der Waals surface area contributed by atoms with Gasteiger partial charge in [0.1, 0.15) is 12.2 Å². The molecule has 1 fully saturated rings. The number of hydrogen-bond donors (Lipinski definition) is 3. The number of aliphatic imine (C=N–C) groups is 1. The van der Waals surface area contributed by atoms with Crippen molar-refractivity contribution >= 4 is 45.1 Å². The molecule has 5 rings (SSSR count). The minimum atomic E-state index is 0.549. The van der Waals surface area contributed by atoms with Gasteiger partial charge in [0.15, 0.2) is 0 Å². The third kappa shape index (κ3) is 2.83. The topological polar surface area (TPSA) is 58.7 Å². The van der Waals surface area contributed by atoms with Crippen LogP contribution in [0.4, 0.5) is 5.82 Å². The lowest BCUT2D eigenvalue weighted by molar-refractivity contribution is 0.189. The van der Waals surface area contributed by atoms with Crippen molar-refractivity contribution in [2.75, 3.05) is 13.1 Å². The Bertz CT molecular complexity index is 845. The van der Waals surface area contributed by atoms with Gasteiger partial charge in [0.2, 0.25) is 0 Å². The van der Waals surface area contributed by atoms with Crippen molar-refractivity contribution in [1.29, 1.82) is 0 Å². The van der Waals surface area contributed by atoms with Crippen molar-refractivity contribution in [3.8, 4) is 0 Å². The van der Waals surface area contributed by atoms with E-state index < -0.39 is 0 Å². The number of thiophene rings is 1. The second-order valence-corrected chi connectivity index (χ2v) is 8.55. The van der Waals surface area contributed by atoms with Crippen molar-refractivity contribution in [2.45, 2.75) is 19.4 Å². The van der Waals surface area contributed by atoms with E-state index >= 15 is 0 Å². The van der Waals surface area contributed by atoms with Crippen LogP contribution in [0.2, 0.25) is 0 Å². The van der Waals surface area contributed by atoms with Gasteiger partial charge in [-0.05, 0) is 54.0 Å². The molecule has 0 aliphatic carbocycles. The molecule has 6 nitrogen and oxygen atoms in total. The molecule has 0 amide bonds. The number of rotatable bonds is 3. The first kappa shape index (κ1) is 15.6. The molecule has 2 aromatic heterocycles. The summed E-state index contributed by atoms with van der Waals surface area (Å²) in [7, 11) is 0. The first-order valence-corrected chi connectivity index (χ1v) is 10.2. The molecule has 130 valence electrons. The number of aromatic nitrogens is 1. The largest absolute Gasteiger partial charge is 0.346 e. The lowest BCUT2D eigenvalue weighted by Crippen LogP contribution is -2.39. The number of nitrogens with one attached hydrogen (secondary N) is 3. The first-order valence-electron chi connectivity index (χ1n) is 8.50. The average molecular weight is 419 g/mol. The number of halogens is 1. The summed E-state index contributed by atoms with van der Waals surface area (Å²) in [5.74, 6) is 1.49. The number of aromatic amines is 1. The minimum absolute atomic E-state index is 0.549. The maximum Gasteiger partial charge on any atom is 0.141 e. The summed E-state index contributed by atoms with van der Waals surface area (Å²) >= 11 is 5.38. The van der Waals surface area contributed by atoms with Gasteiger partial charge in [0.05, 0.1) is 11.4 Å². The normalized spacial score (nSPS) is 20.8. The van der Waals surface area contributed by atoms with Crippen molar-refractivity contribution in [3.63, 3.8) is 0 Å². The Kier molecular flexibility index (Phi) is 3.93. The van der Waals surface area contributed by atoms with Gasteiger partial charge in [-0.1, -0.05) is 0 Å². The molecular weight excluding hydrogens is 400 g/mol. The van der Waals surface area contributed by atoms with Gasteiger partial charge in [-0.2, -0.15) is 0 Å². The van der Waals surface area contributed by atoms with Crippen molar-refractivity contribution in [1.82, 2.24) is 25.9 Å². The molecule has 0 saturated carbocycles. The molecule has 1 saturated heterocycles. The maximum atomic E-state index is 4.43. The predicted octanol–water partition coefficient (Wildman–Crippen LogP) is 3.42. The van der Waals surface area contributed by atoms with Crippen LogP contribution in [0.25, 0.3) is 5.70 Å². The molecule has 8 heteroatoms. The van der Waals surface area contributed by atoms with Crippen molar-refractivity contribution < 1.29 is 0 Å². The number of allylic oxidation sites excluding steroid dienone is 1. The molecule has 3 N–H and O–H groups in total. The fraction of sp³-hybridized carbons (Fsp3) is 0.353. The quantitative estimate of drug-likeness (QED) is 0.714. The molecule has 0 aromatic carbocycles. The monoisotopic (exact) mass is 418 g/mol. The smallest absolute Gasteiger partial charge is 0.141 e. The van der Waals surface area contributed by atoms with Crippen LogP contribution in [0.5, 0.6) is 0 Å². The summed E-state index contributed by atoms with van der Waals surface area (Å²) in [4.78, 5) is 11.6. The van der Waals surface area contributed by atoms with Gasteiger partial charge in [-0.15, -0.1) is 16.9 Å². The Labute approximate surface area is 158 Å². The van der Waals surface area contributed by atoms with E-state index in [1.165, 1.54) is 39.1 Å². The van der Waals surface area contributed by atoms with Crippen LogP contribution in [0.1, 0.15) is 23.3 Å². The van der Waals surface area contributed by atoms with E-state index in [0.29, 0.717) is 5.92 Å².